The van der Waals surface area contributed by atoms with Crippen molar-refractivity contribution in [1.82, 2.24) is 9.88 Å². The molecule has 2 aromatic carbocycles. The van der Waals surface area contributed by atoms with Crippen molar-refractivity contribution in [2.45, 2.75) is 25.7 Å². The third-order valence-corrected chi connectivity index (χ3v) is 7.65. The molecule has 33 heavy (non-hydrogen) atoms. The third kappa shape index (κ3) is 5.30. The summed E-state index contributed by atoms with van der Waals surface area (Å²) in [4.78, 5) is 22.1. The lowest BCUT2D eigenvalue weighted by Crippen LogP contribution is -2.48. The van der Waals surface area contributed by atoms with Crippen molar-refractivity contribution in [2.24, 2.45) is 5.92 Å². The molecule has 2 heterocycles. The molecule has 1 fully saturated rings. The Balaban J connectivity index is 1.52. The maximum atomic E-state index is 13.4. The van der Waals surface area contributed by atoms with Gasteiger partial charge in [0.25, 0.3) is 5.91 Å². The molecule has 3 aromatic rings. The molecule has 9 heteroatoms. The first-order valence-electron chi connectivity index (χ1n) is 11.0. The summed E-state index contributed by atoms with van der Waals surface area (Å²) in [5.41, 5.74) is 2.39. The molecule has 0 bridgehead atoms. The van der Waals surface area contributed by atoms with Gasteiger partial charge in [-0.2, -0.15) is 0 Å². The van der Waals surface area contributed by atoms with Crippen molar-refractivity contribution in [2.75, 3.05) is 43.9 Å². The number of amides is 1. The number of benzene rings is 2. The quantitative estimate of drug-likeness (QED) is 0.523. The Hall–Kier alpha value is -2.65. The molecule has 4 rings (SSSR count). The molecule has 1 aliphatic heterocycles. The van der Waals surface area contributed by atoms with Crippen LogP contribution in [0.2, 0.25) is 0 Å². The summed E-state index contributed by atoms with van der Waals surface area (Å²) in [6, 6.07) is 10.8. The predicted octanol–water partition coefficient (Wildman–Crippen LogP) is 4.01. The first-order chi connectivity index (χ1) is 15.6. The van der Waals surface area contributed by atoms with Gasteiger partial charge in [-0.3, -0.25) is 4.79 Å². The number of carbonyl (C=O) groups is 1. The maximum absolute atomic E-state index is 13.4. The molecule has 0 radical (unpaired) electrons. The average Bonchev–Trinajstić information content (AvgIpc) is 3.15. The summed E-state index contributed by atoms with van der Waals surface area (Å²) in [5.74, 6) is 0.502. The number of rotatable bonds is 6. The van der Waals surface area contributed by atoms with Gasteiger partial charge in [0.1, 0.15) is 5.75 Å². The van der Waals surface area contributed by atoms with Gasteiger partial charge in [0.15, 0.2) is 9.84 Å². The zero-order valence-corrected chi connectivity index (χ0v) is 21.0. The van der Waals surface area contributed by atoms with Gasteiger partial charge in [-0.05, 0) is 49.2 Å². The van der Waals surface area contributed by atoms with Crippen LogP contribution < -0.4 is 9.64 Å². The van der Waals surface area contributed by atoms with Crippen molar-refractivity contribution in [3.05, 3.63) is 47.0 Å². The molecule has 0 N–H and O–H groups in total. The number of piperazine rings is 1. The molecule has 176 valence electrons. The van der Waals surface area contributed by atoms with E-state index in [1.165, 1.54) is 16.8 Å². The molecule has 0 spiro atoms. The first-order valence-corrected chi connectivity index (χ1v) is 13.7. The molecule has 0 unspecified atom stereocenters. The van der Waals surface area contributed by atoms with Crippen LogP contribution in [0.15, 0.2) is 41.3 Å². The smallest absolute Gasteiger partial charge is 0.257 e. The lowest BCUT2D eigenvalue weighted by Gasteiger charge is -2.36. The first kappa shape index (κ1) is 23.5. The Kier molecular flexibility index (Phi) is 6.63. The molecule has 0 aliphatic carbocycles. The highest BCUT2D eigenvalue weighted by atomic mass is 32.2. The monoisotopic (exact) mass is 487 g/mol. The zero-order valence-electron chi connectivity index (χ0n) is 19.4. The van der Waals surface area contributed by atoms with Crippen molar-refractivity contribution in [3.8, 4) is 5.75 Å². The van der Waals surface area contributed by atoms with E-state index in [0.717, 1.165) is 22.5 Å². The molecule has 1 amide bonds. The van der Waals surface area contributed by atoms with Crippen molar-refractivity contribution >= 4 is 43.0 Å². The number of aromatic nitrogens is 1. The van der Waals surface area contributed by atoms with Gasteiger partial charge < -0.3 is 14.5 Å². The van der Waals surface area contributed by atoms with E-state index in [9.17, 15) is 13.2 Å². The molecule has 0 atom stereocenters. The van der Waals surface area contributed by atoms with Gasteiger partial charge in [0.2, 0.25) is 0 Å². The van der Waals surface area contributed by atoms with Crippen LogP contribution in [0.25, 0.3) is 10.2 Å². The summed E-state index contributed by atoms with van der Waals surface area (Å²) in [7, 11) is -3.44. The van der Waals surface area contributed by atoms with Crippen LogP contribution in [0.4, 0.5) is 5.69 Å². The van der Waals surface area contributed by atoms with E-state index in [-0.39, 0.29) is 16.7 Å². The van der Waals surface area contributed by atoms with Crippen LogP contribution in [0.1, 0.15) is 29.2 Å². The van der Waals surface area contributed by atoms with Crippen LogP contribution in [0.5, 0.6) is 5.75 Å². The molecular weight excluding hydrogens is 458 g/mol. The number of hydrogen-bond acceptors (Lipinski definition) is 7. The van der Waals surface area contributed by atoms with Crippen molar-refractivity contribution in [1.29, 1.82) is 0 Å². The molecule has 1 aliphatic rings. The number of aryl methyl sites for hydroxylation is 1. The van der Waals surface area contributed by atoms with Crippen LogP contribution in [-0.4, -0.2) is 63.3 Å². The van der Waals surface area contributed by atoms with Crippen LogP contribution >= 0.6 is 11.3 Å². The minimum Gasteiger partial charge on any atom is -0.492 e. The third-order valence-electron chi connectivity index (χ3n) is 5.59. The highest BCUT2D eigenvalue weighted by molar-refractivity contribution is 7.90. The van der Waals surface area contributed by atoms with Gasteiger partial charge in [-0.1, -0.05) is 13.8 Å². The largest absolute Gasteiger partial charge is 0.492 e. The van der Waals surface area contributed by atoms with Crippen LogP contribution in [-0.2, 0) is 9.84 Å². The van der Waals surface area contributed by atoms with Gasteiger partial charge in [0, 0.05) is 38.1 Å². The fourth-order valence-electron chi connectivity index (χ4n) is 3.85. The Morgan fingerprint density at radius 3 is 2.52 bits per heavy atom. The normalized spacial score (nSPS) is 14.8. The lowest BCUT2D eigenvalue weighted by molar-refractivity contribution is 0.0741. The van der Waals surface area contributed by atoms with E-state index >= 15 is 0 Å². The number of anilines is 1. The molecule has 1 aromatic heterocycles. The fraction of sp³-hybridized carbons (Fsp3) is 0.417. The highest BCUT2D eigenvalue weighted by Gasteiger charge is 2.26. The molecule has 1 saturated heterocycles. The van der Waals surface area contributed by atoms with E-state index in [4.69, 9.17) is 4.74 Å². The van der Waals surface area contributed by atoms with E-state index in [2.05, 4.69) is 28.1 Å². The minimum atomic E-state index is -3.44. The predicted molar refractivity (Wildman–Crippen MR) is 132 cm³/mol. The second-order valence-electron chi connectivity index (χ2n) is 8.80. The Bertz CT molecular complexity index is 1280. The number of fused-ring (bicyclic) bond motifs is 1. The Morgan fingerprint density at radius 2 is 1.85 bits per heavy atom. The van der Waals surface area contributed by atoms with Crippen molar-refractivity contribution < 1.29 is 17.9 Å². The molecule has 7 nitrogen and oxygen atoms in total. The summed E-state index contributed by atoms with van der Waals surface area (Å²) < 4.78 is 31.2. The Morgan fingerprint density at radius 1 is 1.12 bits per heavy atom. The Labute approximate surface area is 198 Å². The fourth-order valence-corrected chi connectivity index (χ4v) is 5.31. The van der Waals surface area contributed by atoms with E-state index in [1.807, 2.05) is 20.8 Å². The number of carbonyl (C=O) groups excluding carboxylic acids is 1. The highest BCUT2D eigenvalue weighted by Crippen LogP contribution is 2.28. The number of sulfone groups is 1. The number of ether oxygens (including phenoxy) is 1. The van der Waals surface area contributed by atoms with E-state index in [0.29, 0.717) is 44.1 Å². The summed E-state index contributed by atoms with van der Waals surface area (Å²) in [6.07, 6.45) is 1.14. The van der Waals surface area contributed by atoms with Crippen LogP contribution in [0.3, 0.4) is 0 Å². The van der Waals surface area contributed by atoms with Gasteiger partial charge in [-0.25, -0.2) is 13.4 Å². The number of hydrogen-bond donors (Lipinski definition) is 0. The number of nitrogens with zero attached hydrogens (tertiary/aromatic N) is 3. The van der Waals surface area contributed by atoms with E-state index < -0.39 is 9.84 Å². The minimum absolute atomic E-state index is 0.119. The maximum Gasteiger partial charge on any atom is 0.257 e. The molecule has 0 saturated carbocycles. The second kappa shape index (κ2) is 9.30. The van der Waals surface area contributed by atoms with Crippen LogP contribution in [0, 0.1) is 12.8 Å². The van der Waals surface area contributed by atoms with Crippen molar-refractivity contribution in [3.63, 3.8) is 0 Å². The number of thiazole rings is 1. The standard InChI is InChI=1S/C24H29N3O4S2/c1-16(2)15-31-22-7-6-19(33(4,29)30)14-20(22)24(28)27-11-9-26(10-12-27)18-5-8-23-21(13-18)25-17(3)32-23/h5-8,13-14,16H,9-12,15H2,1-4H3. The summed E-state index contributed by atoms with van der Waals surface area (Å²) in [5, 5.41) is 1.05. The summed E-state index contributed by atoms with van der Waals surface area (Å²) >= 11 is 1.68. The molecular formula is C24H29N3O4S2. The average molecular weight is 488 g/mol. The topological polar surface area (TPSA) is 79.8 Å². The second-order valence-corrected chi connectivity index (χ2v) is 12.0. The van der Waals surface area contributed by atoms with Gasteiger partial charge in [-0.15, -0.1) is 11.3 Å². The SMILES string of the molecule is Cc1nc2cc(N3CCN(C(=O)c4cc(S(C)(=O)=O)ccc4OCC(C)C)CC3)ccc2s1. The van der Waals surface area contributed by atoms with E-state index in [1.54, 1.807) is 22.3 Å². The summed E-state index contributed by atoms with van der Waals surface area (Å²) in [6.45, 7) is 8.96. The zero-order chi connectivity index (χ0) is 23.8. The lowest BCUT2D eigenvalue weighted by atomic mass is 10.1. The van der Waals surface area contributed by atoms with Gasteiger partial charge in [0.05, 0.1) is 32.3 Å². The van der Waals surface area contributed by atoms with Gasteiger partial charge >= 0.3 is 0 Å².